The van der Waals surface area contributed by atoms with Crippen molar-refractivity contribution >= 4 is 11.6 Å². The van der Waals surface area contributed by atoms with Gasteiger partial charge in [0.25, 0.3) is 0 Å². The predicted molar refractivity (Wildman–Crippen MR) is 82.8 cm³/mol. The van der Waals surface area contributed by atoms with Gasteiger partial charge in [0.1, 0.15) is 18.0 Å². The van der Waals surface area contributed by atoms with Gasteiger partial charge in [0.2, 0.25) is 0 Å². The molecule has 0 spiro atoms. The van der Waals surface area contributed by atoms with Gasteiger partial charge in [0.05, 0.1) is 0 Å². The highest BCUT2D eigenvalue weighted by Gasteiger charge is 2.10. The van der Waals surface area contributed by atoms with Crippen molar-refractivity contribution < 1.29 is 0 Å². The Bertz CT molecular complexity index is 365. The fourth-order valence-electron chi connectivity index (χ4n) is 2.27. The first-order valence-electron chi connectivity index (χ1n) is 7.51. The zero-order chi connectivity index (χ0) is 14.1. The monoisotopic (exact) mass is 264 g/mol. The van der Waals surface area contributed by atoms with Gasteiger partial charge >= 0.3 is 0 Å². The number of nitrogens with zero attached hydrogens (tertiary/aromatic N) is 2. The average molecular weight is 264 g/mol. The third kappa shape index (κ3) is 5.05. The molecule has 1 atom stereocenters. The van der Waals surface area contributed by atoms with Crippen molar-refractivity contribution in [2.45, 2.75) is 65.3 Å². The van der Waals surface area contributed by atoms with Gasteiger partial charge in [-0.1, -0.05) is 39.5 Å². The van der Waals surface area contributed by atoms with Gasteiger partial charge in [0, 0.05) is 18.7 Å². The number of hydrogen-bond acceptors (Lipinski definition) is 4. The number of anilines is 2. The Morgan fingerprint density at radius 2 is 1.84 bits per heavy atom. The molecule has 1 heterocycles. The highest BCUT2D eigenvalue weighted by molar-refractivity contribution is 5.57. The summed E-state index contributed by atoms with van der Waals surface area (Å²) in [5.41, 5.74) is 1.17. The molecule has 1 aromatic rings. The molecule has 2 N–H and O–H groups in total. The van der Waals surface area contributed by atoms with E-state index in [2.05, 4.69) is 41.4 Å². The fraction of sp³-hybridized carbons (Fsp3) is 0.733. The van der Waals surface area contributed by atoms with Crippen molar-refractivity contribution in [1.82, 2.24) is 9.97 Å². The van der Waals surface area contributed by atoms with Crippen molar-refractivity contribution in [1.29, 1.82) is 0 Å². The maximum absolute atomic E-state index is 4.38. The zero-order valence-electron chi connectivity index (χ0n) is 12.8. The standard InChI is InChI=1S/C15H28N4/c1-5-7-8-9-10-12(3)19-15-13(6-2)14(16-4)17-11-18-15/h11-12H,5-10H2,1-4H3,(H2,16,17,18,19). The molecule has 0 radical (unpaired) electrons. The summed E-state index contributed by atoms with van der Waals surface area (Å²) in [4.78, 5) is 8.64. The van der Waals surface area contributed by atoms with Crippen LogP contribution in [-0.4, -0.2) is 23.1 Å². The van der Waals surface area contributed by atoms with Crippen molar-refractivity contribution in [3.8, 4) is 0 Å². The van der Waals surface area contributed by atoms with E-state index in [0.717, 1.165) is 18.1 Å². The lowest BCUT2D eigenvalue weighted by atomic mass is 10.1. The van der Waals surface area contributed by atoms with Crippen LogP contribution in [0.5, 0.6) is 0 Å². The number of rotatable bonds is 9. The van der Waals surface area contributed by atoms with Gasteiger partial charge in [-0.2, -0.15) is 0 Å². The quantitative estimate of drug-likeness (QED) is 0.665. The molecule has 0 saturated carbocycles. The second-order valence-electron chi connectivity index (χ2n) is 5.05. The van der Waals surface area contributed by atoms with Crippen molar-refractivity contribution in [2.75, 3.05) is 17.7 Å². The van der Waals surface area contributed by atoms with Gasteiger partial charge in [-0.25, -0.2) is 9.97 Å². The second-order valence-corrected chi connectivity index (χ2v) is 5.05. The summed E-state index contributed by atoms with van der Waals surface area (Å²) >= 11 is 0. The van der Waals surface area contributed by atoms with Gasteiger partial charge in [-0.05, 0) is 19.8 Å². The first-order chi connectivity index (χ1) is 9.22. The lowest BCUT2D eigenvalue weighted by Crippen LogP contribution is -2.18. The minimum atomic E-state index is 0.460. The Balaban J connectivity index is 2.56. The van der Waals surface area contributed by atoms with E-state index in [1.165, 1.54) is 37.7 Å². The van der Waals surface area contributed by atoms with Gasteiger partial charge in [-0.3, -0.25) is 0 Å². The van der Waals surface area contributed by atoms with E-state index in [-0.39, 0.29) is 0 Å². The minimum Gasteiger partial charge on any atom is -0.373 e. The smallest absolute Gasteiger partial charge is 0.134 e. The van der Waals surface area contributed by atoms with Crippen LogP contribution in [0.25, 0.3) is 0 Å². The Hall–Kier alpha value is -1.32. The Kier molecular flexibility index (Phi) is 7.23. The van der Waals surface area contributed by atoms with E-state index in [4.69, 9.17) is 0 Å². The van der Waals surface area contributed by atoms with Crippen LogP contribution in [0.3, 0.4) is 0 Å². The molecule has 0 saturated heterocycles. The molecule has 4 nitrogen and oxygen atoms in total. The fourth-order valence-corrected chi connectivity index (χ4v) is 2.27. The summed E-state index contributed by atoms with van der Waals surface area (Å²) in [6, 6.07) is 0.460. The van der Waals surface area contributed by atoms with Crippen molar-refractivity contribution in [3.63, 3.8) is 0 Å². The molecule has 0 aliphatic heterocycles. The van der Waals surface area contributed by atoms with Crippen LogP contribution in [0.1, 0.15) is 58.4 Å². The molecule has 0 bridgehead atoms. The molecule has 108 valence electrons. The molecule has 1 rings (SSSR count). The molecular formula is C15H28N4. The number of hydrogen-bond donors (Lipinski definition) is 2. The van der Waals surface area contributed by atoms with E-state index in [1.54, 1.807) is 6.33 Å². The zero-order valence-corrected chi connectivity index (χ0v) is 12.8. The normalized spacial score (nSPS) is 12.2. The van der Waals surface area contributed by atoms with E-state index in [1.807, 2.05) is 7.05 Å². The van der Waals surface area contributed by atoms with Crippen LogP contribution in [-0.2, 0) is 6.42 Å². The van der Waals surface area contributed by atoms with Crippen LogP contribution in [0, 0.1) is 0 Å². The van der Waals surface area contributed by atoms with Crippen LogP contribution < -0.4 is 10.6 Å². The number of nitrogens with one attached hydrogen (secondary N) is 2. The molecule has 0 aliphatic rings. The third-order valence-electron chi connectivity index (χ3n) is 3.41. The predicted octanol–water partition coefficient (Wildman–Crippen LogP) is 3.85. The topological polar surface area (TPSA) is 49.8 Å². The van der Waals surface area contributed by atoms with Crippen molar-refractivity contribution in [3.05, 3.63) is 11.9 Å². The molecule has 19 heavy (non-hydrogen) atoms. The molecule has 1 aromatic heterocycles. The molecular weight excluding hydrogens is 236 g/mol. The third-order valence-corrected chi connectivity index (χ3v) is 3.41. The summed E-state index contributed by atoms with van der Waals surface area (Å²) in [6.45, 7) is 6.61. The van der Waals surface area contributed by atoms with Crippen LogP contribution in [0.4, 0.5) is 11.6 Å². The minimum absolute atomic E-state index is 0.460. The molecule has 0 aromatic carbocycles. The van der Waals surface area contributed by atoms with E-state index < -0.39 is 0 Å². The number of unbranched alkanes of at least 4 members (excludes halogenated alkanes) is 3. The first kappa shape index (κ1) is 15.7. The molecule has 4 heteroatoms. The van der Waals surface area contributed by atoms with Crippen LogP contribution in [0.15, 0.2) is 6.33 Å². The van der Waals surface area contributed by atoms with E-state index >= 15 is 0 Å². The van der Waals surface area contributed by atoms with E-state index in [9.17, 15) is 0 Å². The van der Waals surface area contributed by atoms with E-state index in [0.29, 0.717) is 6.04 Å². The highest BCUT2D eigenvalue weighted by atomic mass is 15.1. The van der Waals surface area contributed by atoms with Crippen LogP contribution in [0.2, 0.25) is 0 Å². The lowest BCUT2D eigenvalue weighted by Gasteiger charge is -2.18. The first-order valence-corrected chi connectivity index (χ1v) is 7.51. The summed E-state index contributed by atoms with van der Waals surface area (Å²) in [5, 5.41) is 6.65. The Morgan fingerprint density at radius 3 is 2.47 bits per heavy atom. The Morgan fingerprint density at radius 1 is 1.11 bits per heavy atom. The second kappa shape index (κ2) is 8.73. The molecule has 0 aliphatic carbocycles. The summed E-state index contributed by atoms with van der Waals surface area (Å²) in [5.74, 6) is 1.91. The largest absolute Gasteiger partial charge is 0.373 e. The lowest BCUT2D eigenvalue weighted by molar-refractivity contribution is 0.592. The SMILES string of the molecule is CCCCCCC(C)Nc1ncnc(NC)c1CC. The van der Waals surface area contributed by atoms with Crippen molar-refractivity contribution in [2.24, 2.45) is 0 Å². The molecule has 0 fully saturated rings. The molecule has 1 unspecified atom stereocenters. The van der Waals surface area contributed by atoms with Gasteiger partial charge < -0.3 is 10.6 Å². The number of aromatic nitrogens is 2. The summed E-state index contributed by atoms with van der Waals surface area (Å²) in [6.07, 6.45) is 8.99. The average Bonchev–Trinajstić information content (AvgIpc) is 2.43. The maximum atomic E-state index is 4.38. The van der Waals surface area contributed by atoms with Crippen LogP contribution >= 0.6 is 0 Å². The highest BCUT2D eigenvalue weighted by Crippen LogP contribution is 2.21. The van der Waals surface area contributed by atoms with Gasteiger partial charge in [-0.15, -0.1) is 0 Å². The Labute approximate surface area is 117 Å². The van der Waals surface area contributed by atoms with Gasteiger partial charge in [0.15, 0.2) is 0 Å². The maximum Gasteiger partial charge on any atom is 0.134 e. The summed E-state index contributed by atoms with van der Waals surface area (Å²) in [7, 11) is 1.90. The molecule has 0 amide bonds. The summed E-state index contributed by atoms with van der Waals surface area (Å²) < 4.78 is 0.